The number of aromatic carboxylic acids is 1. The molecular formula is C18H21ClNO3-. The van der Waals surface area contributed by atoms with Crippen LogP contribution in [0.2, 0.25) is 0 Å². The molecule has 1 aliphatic carbocycles. The van der Waals surface area contributed by atoms with E-state index in [1.165, 1.54) is 32.1 Å². The molecule has 1 saturated carbocycles. The van der Waals surface area contributed by atoms with Gasteiger partial charge in [-0.1, -0.05) is 31.4 Å². The van der Waals surface area contributed by atoms with Crippen molar-refractivity contribution in [3.8, 4) is 11.3 Å². The summed E-state index contributed by atoms with van der Waals surface area (Å²) in [4.78, 5) is 10.9. The maximum atomic E-state index is 10.9. The molecule has 0 unspecified atom stereocenters. The fourth-order valence-electron chi connectivity index (χ4n) is 2.96. The van der Waals surface area contributed by atoms with Crippen LogP contribution in [0.4, 0.5) is 0 Å². The first-order valence-electron chi connectivity index (χ1n) is 7.88. The number of halogens is 1. The molecule has 4 nitrogen and oxygen atoms in total. The zero-order valence-electron chi connectivity index (χ0n) is 12.9. The predicted octanol–water partition coefficient (Wildman–Crippen LogP) is 1.07. The summed E-state index contributed by atoms with van der Waals surface area (Å²) in [5.74, 6) is 0.781. The number of hydrogen-bond donors (Lipinski definition) is 2. The molecular weight excluding hydrogens is 314 g/mol. The van der Waals surface area contributed by atoms with E-state index in [-0.39, 0.29) is 18.0 Å². The Morgan fingerprint density at radius 2 is 1.78 bits per heavy atom. The first kappa shape index (κ1) is 17.6. The molecule has 0 amide bonds. The van der Waals surface area contributed by atoms with Crippen LogP contribution in [0.1, 0.15) is 48.2 Å². The lowest BCUT2D eigenvalue weighted by Gasteiger charge is -2.22. The maximum Gasteiger partial charge on any atom is 0.335 e. The third-order valence-corrected chi connectivity index (χ3v) is 4.25. The van der Waals surface area contributed by atoms with Crippen molar-refractivity contribution in [1.82, 2.24) is 5.32 Å². The summed E-state index contributed by atoms with van der Waals surface area (Å²) in [6.07, 6.45) is 6.50. The second-order valence-electron chi connectivity index (χ2n) is 5.86. The van der Waals surface area contributed by atoms with Crippen molar-refractivity contribution in [2.24, 2.45) is 0 Å². The lowest BCUT2D eigenvalue weighted by atomic mass is 9.95. The Morgan fingerprint density at radius 3 is 2.43 bits per heavy atom. The van der Waals surface area contributed by atoms with Gasteiger partial charge in [-0.05, 0) is 37.1 Å². The summed E-state index contributed by atoms with van der Waals surface area (Å²) in [5, 5.41) is 12.5. The van der Waals surface area contributed by atoms with E-state index in [0.717, 1.165) is 23.6 Å². The molecule has 0 atom stereocenters. The lowest BCUT2D eigenvalue weighted by molar-refractivity contribution is -0.0000206. The van der Waals surface area contributed by atoms with Crippen molar-refractivity contribution in [3.63, 3.8) is 0 Å². The van der Waals surface area contributed by atoms with Gasteiger partial charge in [0.2, 0.25) is 0 Å². The van der Waals surface area contributed by atoms with Crippen molar-refractivity contribution in [2.45, 2.75) is 44.7 Å². The average Bonchev–Trinajstić information content (AvgIpc) is 3.03. The SMILES string of the molecule is O=C(O)c1ccc(-c2ccc(CNC3CCCCC3)o2)cc1.[Cl-]. The number of rotatable bonds is 5. The summed E-state index contributed by atoms with van der Waals surface area (Å²) in [5.41, 5.74) is 1.18. The van der Waals surface area contributed by atoms with Crippen molar-refractivity contribution >= 4 is 5.97 Å². The van der Waals surface area contributed by atoms with Crippen LogP contribution in [-0.2, 0) is 6.54 Å². The molecule has 0 radical (unpaired) electrons. The van der Waals surface area contributed by atoms with Gasteiger partial charge >= 0.3 is 5.97 Å². The van der Waals surface area contributed by atoms with E-state index in [0.29, 0.717) is 6.04 Å². The smallest absolute Gasteiger partial charge is 0.335 e. The predicted molar refractivity (Wildman–Crippen MR) is 84.8 cm³/mol. The molecule has 1 aromatic heterocycles. The van der Waals surface area contributed by atoms with Crippen LogP contribution in [0.3, 0.4) is 0 Å². The van der Waals surface area contributed by atoms with E-state index in [2.05, 4.69) is 5.32 Å². The number of hydrogen-bond acceptors (Lipinski definition) is 3. The van der Waals surface area contributed by atoms with Gasteiger partial charge in [0.1, 0.15) is 11.5 Å². The minimum atomic E-state index is -0.914. The molecule has 1 aliphatic rings. The molecule has 2 aromatic rings. The maximum absolute atomic E-state index is 10.9. The molecule has 1 heterocycles. The van der Waals surface area contributed by atoms with Crippen LogP contribution < -0.4 is 17.7 Å². The van der Waals surface area contributed by atoms with Gasteiger partial charge in [-0.3, -0.25) is 0 Å². The van der Waals surface area contributed by atoms with Gasteiger partial charge in [0.25, 0.3) is 0 Å². The number of carbonyl (C=O) groups is 1. The highest BCUT2D eigenvalue weighted by Gasteiger charge is 2.13. The Balaban J connectivity index is 0.00000192. The molecule has 5 heteroatoms. The molecule has 1 fully saturated rings. The zero-order chi connectivity index (χ0) is 15.4. The van der Waals surface area contributed by atoms with Crippen molar-refractivity contribution < 1.29 is 26.7 Å². The van der Waals surface area contributed by atoms with Gasteiger partial charge in [0.05, 0.1) is 12.1 Å². The minimum absolute atomic E-state index is 0. The summed E-state index contributed by atoms with van der Waals surface area (Å²) in [7, 11) is 0. The number of carboxylic acid groups (broad SMARTS) is 1. The van der Waals surface area contributed by atoms with E-state index in [9.17, 15) is 4.79 Å². The topological polar surface area (TPSA) is 62.5 Å². The van der Waals surface area contributed by atoms with Crippen LogP contribution in [0.15, 0.2) is 40.8 Å². The van der Waals surface area contributed by atoms with Gasteiger partial charge in [0.15, 0.2) is 0 Å². The van der Waals surface area contributed by atoms with Gasteiger partial charge in [-0.2, -0.15) is 0 Å². The van der Waals surface area contributed by atoms with Gasteiger partial charge in [0, 0.05) is 11.6 Å². The molecule has 2 N–H and O–H groups in total. The third-order valence-electron chi connectivity index (χ3n) is 4.25. The van der Waals surface area contributed by atoms with Crippen LogP contribution in [-0.4, -0.2) is 17.1 Å². The van der Waals surface area contributed by atoms with Crippen molar-refractivity contribution in [2.75, 3.05) is 0 Å². The largest absolute Gasteiger partial charge is 1.00 e. The van der Waals surface area contributed by atoms with Gasteiger partial charge in [-0.25, -0.2) is 4.79 Å². The molecule has 0 bridgehead atoms. The Labute approximate surface area is 142 Å². The molecule has 3 rings (SSSR count). The molecule has 1 aromatic carbocycles. The van der Waals surface area contributed by atoms with Crippen molar-refractivity contribution in [3.05, 3.63) is 47.7 Å². The van der Waals surface area contributed by atoms with E-state index in [4.69, 9.17) is 9.52 Å². The van der Waals surface area contributed by atoms with Crippen LogP contribution in [0.25, 0.3) is 11.3 Å². The third kappa shape index (κ3) is 4.60. The zero-order valence-corrected chi connectivity index (χ0v) is 13.7. The van der Waals surface area contributed by atoms with E-state index in [1.807, 2.05) is 12.1 Å². The van der Waals surface area contributed by atoms with Crippen molar-refractivity contribution in [1.29, 1.82) is 0 Å². The van der Waals surface area contributed by atoms with Crippen LogP contribution >= 0.6 is 0 Å². The van der Waals surface area contributed by atoms with Crippen LogP contribution in [0, 0.1) is 0 Å². The summed E-state index contributed by atoms with van der Waals surface area (Å²) < 4.78 is 5.85. The Bertz CT molecular complexity index is 630. The molecule has 23 heavy (non-hydrogen) atoms. The Morgan fingerprint density at radius 1 is 1.09 bits per heavy atom. The quantitative estimate of drug-likeness (QED) is 0.858. The fraction of sp³-hybridized carbons (Fsp3) is 0.389. The molecule has 0 aliphatic heterocycles. The number of carboxylic acids is 1. The van der Waals surface area contributed by atoms with Crippen LogP contribution in [0.5, 0.6) is 0 Å². The van der Waals surface area contributed by atoms with E-state index < -0.39 is 5.97 Å². The Hall–Kier alpha value is -1.78. The standard InChI is InChI=1S/C18H21NO3.ClH/c20-18(21)14-8-6-13(7-9-14)17-11-10-16(22-17)12-19-15-4-2-1-3-5-15;/h6-11,15,19H,1-5,12H2,(H,20,21);1H/p-1. The Kier molecular flexibility index (Phi) is 6.25. The summed E-state index contributed by atoms with van der Waals surface area (Å²) >= 11 is 0. The summed E-state index contributed by atoms with van der Waals surface area (Å²) in [6, 6.07) is 11.3. The molecule has 0 spiro atoms. The highest BCUT2D eigenvalue weighted by molar-refractivity contribution is 5.88. The minimum Gasteiger partial charge on any atom is -1.00 e. The van der Waals surface area contributed by atoms with E-state index in [1.54, 1.807) is 24.3 Å². The highest BCUT2D eigenvalue weighted by Crippen LogP contribution is 2.23. The molecule has 124 valence electrons. The average molecular weight is 335 g/mol. The highest BCUT2D eigenvalue weighted by atomic mass is 35.5. The van der Waals surface area contributed by atoms with Gasteiger partial charge in [-0.15, -0.1) is 0 Å². The second kappa shape index (κ2) is 8.18. The summed E-state index contributed by atoms with van der Waals surface area (Å²) in [6.45, 7) is 0.748. The lowest BCUT2D eigenvalue weighted by Crippen LogP contribution is -3.00. The number of furan rings is 1. The van der Waals surface area contributed by atoms with E-state index >= 15 is 0 Å². The fourth-order valence-corrected chi connectivity index (χ4v) is 2.96. The first-order valence-corrected chi connectivity index (χ1v) is 7.88. The van der Waals surface area contributed by atoms with Gasteiger partial charge < -0.3 is 27.2 Å². The number of nitrogens with one attached hydrogen (secondary N) is 1. The second-order valence-corrected chi connectivity index (χ2v) is 5.86. The monoisotopic (exact) mass is 334 g/mol. The first-order chi connectivity index (χ1) is 10.7. The molecule has 0 saturated heterocycles. The normalized spacial score (nSPS) is 15.1. The number of benzene rings is 1.